The molecule has 0 amide bonds. The van der Waals surface area contributed by atoms with Crippen LogP contribution in [0.2, 0.25) is 0 Å². The Labute approximate surface area is 111 Å². The molecule has 1 fully saturated rings. The van der Waals surface area contributed by atoms with Crippen molar-refractivity contribution in [2.45, 2.75) is 45.4 Å². The van der Waals surface area contributed by atoms with E-state index in [4.69, 9.17) is 5.11 Å². The first-order valence-electron chi connectivity index (χ1n) is 6.99. The molecule has 1 rings (SSSR count). The maximum absolute atomic E-state index is 12.5. The third-order valence-corrected chi connectivity index (χ3v) is 5.36. The van der Waals surface area contributed by atoms with Crippen LogP contribution >= 0.6 is 0 Å². The standard InChI is InChI=1S/C12H26N2O3S/c1-2-3-8-14(11-12-15)18(16,17)13-9-6-4-5-7-10-13/h15H,2-12H2,1H3. The minimum Gasteiger partial charge on any atom is -0.395 e. The van der Waals surface area contributed by atoms with Gasteiger partial charge in [-0.25, -0.2) is 0 Å². The van der Waals surface area contributed by atoms with Gasteiger partial charge in [0.05, 0.1) is 6.61 Å². The Kier molecular flexibility index (Phi) is 7.14. The SMILES string of the molecule is CCCCN(CCO)S(=O)(=O)N1CCCCCC1. The van der Waals surface area contributed by atoms with Gasteiger partial charge in [-0.1, -0.05) is 26.2 Å². The van der Waals surface area contributed by atoms with Gasteiger partial charge in [0.2, 0.25) is 0 Å². The minimum absolute atomic E-state index is 0.114. The number of hydrogen-bond donors (Lipinski definition) is 1. The average molecular weight is 278 g/mol. The van der Waals surface area contributed by atoms with Crippen molar-refractivity contribution in [2.75, 3.05) is 32.8 Å². The molecule has 18 heavy (non-hydrogen) atoms. The highest BCUT2D eigenvalue weighted by molar-refractivity contribution is 7.86. The molecule has 1 aliphatic rings. The van der Waals surface area contributed by atoms with Gasteiger partial charge in [0.15, 0.2) is 0 Å². The summed E-state index contributed by atoms with van der Waals surface area (Å²) in [6.45, 7) is 3.88. The van der Waals surface area contributed by atoms with Crippen molar-refractivity contribution >= 4 is 10.2 Å². The summed E-state index contributed by atoms with van der Waals surface area (Å²) in [5, 5.41) is 9.03. The lowest BCUT2D eigenvalue weighted by atomic mass is 10.2. The molecule has 0 saturated carbocycles. The maximum atomic E-state index is 12.5. The van der Waals surface area contributed by atoms with E-state index in [0.717, 1.165) is 38.5 Å². The summed E-state index contributed by atoms with van der Waals surface area (Å²) >= 11 is 0. The lowest BCUT2D eigenvalue weighted by Gasteiger charge is -2.28. The Balaban J connectivity index is 2.71. The van der Waals surface area contributed by atoms with Gasteiger partial charge in [-0.15, -0.1) is 0 Å². The van der Waals surface area contributed by atoms with E-state index in [0.29, 0.717) is 19.6 Å². The minimum atomic E-state index is -3.38. The van der Waals surface area contributed by atoms with Crippen LogP contribution in [0.4, 0.5) is 0 Å². The van der Waals surface area contributed by atoms with Crippen molar-refractivity contribution in [3.05, 3.63) is 0 Å². The van der Waals surface area contributed by atoms with Crippen molar-refractivity contribution in [3.8, 4) is 0 Å². The Morgan fingerprint density at radius 2 is 1.72 bits per heavy atom. The smallest absolute Gasteiger partial charge is 0.282 e. The fourth-order valence-corrected chi connectivity index (χ4v) is 3.94. The Morgan fingerprint density at radius 1 is 1.11 bits per heavy atom. The van der Waals surface area contributed by atoms with Gasteiger partial charge in [0.1, 0.15) is 0 Å². The molecule has 0 atom stereocenters. The number of aliphatic hydroxyl groups excluding tert-OH is 1. The second kappa shape index (κ2) is 8.09. The second-order valence-corrected chi connectivity index (χ2v) is 6.73. The first-order chi connectivity index (χ1) is 8.62. The molecule has 0 bridgehead atoms. The highest BCUT2D eigenvalue weighted by atomic mass is 32.2. The highest BCUT2D eigenvalue weighted by Crippen LogP contribution is 2.16. The zero-order valence-corrected chi connectivity index (χ0v) is 12.2. The van der Waals surface area contributed by atoms with E-state index in [1.165, 1.54) is 4.31 Å². The molecule has 0 aromatic heterocycles. The molecule has 108 valence electrons. The van der Waals surface area contributed by atoms with Crippen LogP contribution in [0.1, 0.15) is 45.4 Å². The van der Waals surface area contributed by atoms with Crippen molar-refractivity contribution in [1.82, 2.24) is 8.61 Å². The number of unbranched alkanes of at least 4 members (excludes halogenated alkanes) is 1. The molecule has 5 nitrogen and oxygen atoms in total. The molecule has 0 aliphatic carbocycles. The number of rotatable bonds is 7. The third-order valence-electron chi connectivity index (χ3n) is 3.33. The normalized spacial score (nSPS) is 19.1. The van der Waals surface area contributed by atoms with Crippen LogP contribution in [-0.2, 0) is 10.2 Å². The molecule has 0 aromatic carbocycles. The van der Waals surface area contributed by atoms with Crippen LogP contribution in [0, 0.1) is 0 Å². The lowest BCUT2D eigenvalue weighted by Crippen LogP contribution is -2.45. The molecular weight excluding hydrogens is 252 g/mol. The summed E-state index contributed by atoms with van der Waals surface area (Å²) in [5.41, 5.74) is 0. The monoisotopic (exact) mass is 278 g/mol. The summed E-state index contributed by atoms with van der Waals surface area (Å²) in [5.74, 6) is 0. The molecular formula is C12H26N2O3S. The summed E-state index contributed by atoms with van der Waals surface area (Å²) in [7, 11) is -3.38. The van der Waals surface area contributed by atoms with E-state index in [1.54, 1.807) is 4.31 Å². The fraction of sp³-hybridized carbons (Fsp3) is 1.00. The van der Waals surface area contributed by atoms with Gasteiger partial charge in [0, 0.05) is 26.2 Å². The van der Waals surface area contributed by atoms with Gasteiger partial charge in [-0.05, 0) is 19.3 Å². The van der Waals surface area contributed by atoms with Crippen LogP contribution in [-0.4, -0.2) is 54.9 Å². The van der Waals surface area contributed by atoms with Gasteiger partial charge < -0.3 is 5.11 Å². The van der Waals surface area contributed by atoms with Crippen LogP contribution in [0.25, 0.3) is 0 Å². The Hall–Kier alpha value is -0.170. The third kappa shape index (κ3) is 4.50. The van der Waals surface area contributed by atoms with Crippen molar-refractivity contribution in [1.29, 1.82) is 0 Å². The van der Waals surface area contributed by atoms with E-state index in [1.807, 2.05) is 6.92 Å². The van der Waals surface area contributed by atoms with Gasteiger partial charge in [0.25, 0.3) is 10.2 Å². The number of aliphatic hydroxyl groups is 1. The van der Waals surface area contributed by atoms with E-state index in [9.17, 15) is 8.42 Å². The van der Waals surface area contributed by atoms with Crippen LogP contribution in [0.5, 0.6) is 0 Å². The van der Waals surface area contributed by atoms with E-state index >= 15 is 0 Å². The summed E-state index contributed by atoms with van der Waals surface area (Å²) < 4.78 is 28.0. The van der Waals surface area contributed by atoms with Gasteiger partial charge >= 0.3 is 0 Å². The molecule has 0 spiro atoms. The molecule has 1 heterocycles. The molecule has 1 aliphatic heterocycles. The number of hydrogen-bond acceptors (Lipinski definition) is 3. The predicted octanol–water partition coefficient (Wildman–Crippen LogP) is 1.20. The highest BCUT2D eigenvalue weighted by Gasteiger charge is 2.29. The molecule has 0 unspecified atom stereocenters. The van der Waals surface area contributed by atoms with Crippen LogP contribution in [0.15, 0.2) is 0 Å². The summed E-state index contributed by atoms with van der Waals surface area (Å²) in [6.07, 6.45) is 5.91. The second-order valence-electron chi connectivity index (χ2n) is 4.80. The lowest BCUT2D eigenvalue weighted by molar-refractivity contribution is 0.242. The molecule has 0 aromatic rings. The van der Waals surface area contributed by atoms with Crippen molar-refractivity contribution in [2.24, 2.45) is 0 Å². The average Bonchev–Trinajstić information content (AvgIpc) is 2.63. The van der Waals surface area contributed by atoms with Crippen LogP contribution in [0.3, 0.4) is 0 Å². The Morgan fingerprint density at radius 3 is 2.22 bits per heavy atom. The molecule has 1 saturated heterocycles. The predicted molar refractivity (Wildman–Crippen MR) is 72.5 cm³/mol. The van der Waals surface area contributed by atoms with Crippen molar-refractivity contribution in [3.63, 3.8) is 0 Å². The Bertz CT molecular complexity index is 311. The van der Waals surface area contributed by atoms with Crippen LogP contribution < -0.4 is 0 Å². The van der Waals surface area contributed by atoms with E-state index in [2.05, 4.69) is 0 Å². The zero-order chi connectivity index (χ0) is 13.4. The van der Waals surface area contributed by atoms with Crippen molar-refractivity contribution < 1.29 is 13.5 Å². The molecule has 0 radical (unpaired) electrons. The quantitative estimate of drug-likeness (QED) is 0.761. The van der Waals surface area contributed by atoms with Gasteiger partial charge in [-0.3, -0.25) is 0 Å². The summed E-state index contributed by atoms with van der Waals surface area (Å²) in [4.78, 5) is 0. The number of nitrogens with zero attached hydrogens (tertiary/aromatic N) is 2. The summed E-state index contributed by atoms with van der Waals surface area (Å²) in [6, 6.07) is 0. The zero-order valence-electron chi connectivity index (χ0n) is 11.3. The fourth-order valence-electron chi connectivity index (χ4n) is 2.22. The van der Waals surface area contributed by atoms with E-state index in [-0.39, 0.29) is 13.2 Å². The van der Waals surface area contributed by atoms with E-state index < -0.39 is 10.2 Å². The largest absolute Gasteiger partial charge is 0.395 e. The molecule has 1 N–H and O–H groups in total. The topological polar surface area (TPSA) is 60.9 Å². The first kappa shape index (κ1) is 15.9. The van der Waals surface area contributed by atoms with Gasteiger partial charge in [-0.2, -0.15) is 17.0 Å². The first-order valence-corrected chi connectivity index (χ1v) is 8.38. The molecule has 6 heteroatoms. The maximum Gasteiger partial charge on any atom is 0.282 e.